The number of hydrogen-bond acceptors (Lipinski definition) is 7. The van der Waals surface area contributed by atoms with Crippen molar-refractivity contribution >= 4 is 38.1 Å². The van der Waals surface area contributed by atoms with E-state index < -0.39 is 21.1 Å². The Kier molecular flexibility index (Phi) is 12.8. The molecular formula is C11H22N2O10P2S. The zero-order valence-electron chi connectivity index (χ0n) is 14.1. The largest absolute Gasteiger partial charge is 0.469 e. The lowest BCUT2D eigenvalue weighted by Crippen LogP contribution is -2.24. The number of anilines is 1. The number of nitrogens with zero attached hydrogens (tertiary/aromatic N) is 1. The third-order valence-corrected chi connectivity index (χ3v) is 2.83. The van der Waals surface area contributed by atoms with Gasteiger partial charge >= 0.3 is 21.6 Å². The number of carbonyl (C=O) groups excluding carboxylic acids is 1. The average molecular weight is 436 g/mol. The maximum Gasteiger partial charge on any atom is 0.466 e. The van der Waals surface area contributed by atoms with Gasteiger partial charge in [0.05, 0.1) is 12.5 Å². The van der Waals surface area contributed by atoms with E-state index in [0.29, 0.717) is 6.42 Å². The van der Waals surface area contributed by atoms with E-state index >= 15 is 0 Å². The normalized spacial score (nSPS) is 11.7. The molecule has 152 valence electrons. The molecule has 0 saturated heterocycles. The Morgan fingerprint density at radius 2 is 1.69 bits per heavy atom. The Bertz CT molecular complexity index is 601. The second kappa shape index (κ2) is 12.3. The maximum absolute atomic E-state index is 11.4. The number of aromatic nitrogens is 1. The monoisotopic (exact) mass is 436 g/mol. The molecule has 1 aromatic rings. The minimum Gasteiger partial charge on any atom is -0.469 e. The van der Waals surface area contributed by atoms with E-state index in [0.717, 1.165) is 5.13 Å². The van der Waals surface area contributed by atoms with Gasteiger partial charge in [0.25, 0.3) is 0 Å². The SMILES string of the molecule is COC(=O)C(C)(C)CC=CNc1nccs1.O=P(O)(O)O.O=P(O)(O)O. The molecule has 0 aliphatic heterocycles. The Balaban J connectivity index is 0. The van der Waals surface area contributed by atoms with Gasteiger partial charge in [-0.2, -0.15) is 0 Å². The Morgan fingerprint density at radius 1 is 1.23 bits per heavy atom. The van der Waals surface area contributed by atoms with Gasteiger partial charge in [0.15, 0.2) is 5.13 Å². The van der Waals surface area contributed by atoms with Crippen molar-refractivity contribution in [3.63, 3.8) is 0 Å². The van der Waals surface area contributed by atoms with E-state index in [2.05, 4.69) is 10.3 Å². The van der Waals surface area contributed by atoms with Gasteiger partial charge in [-0.05, 0) is 26.5 Å². The molecule has 0 aromatic carbocycles. The number of hydrogen-bond donors (Lipinski definition) is 7. The first-order valence-corrected chi connectivity index (χ1v) is 10.5. The van der Waals surface area contributed by atoms with Gasteiger partial charge < -0.3 is 39.4 Å². The molecule has 7 N–H and O–H groups in total. The van der Waals surface area contributed by atoms with E-state index in [1.54, 1.807) is 12.4 Å². The second-order valence-electron chi connectivity index (χ2n) is 4.99. The number of thiazole rings is 1. The highest BCUT2D eigenvalue weighted by molar-refractivity contribution is 7.45. The number of ether oxygens (including phenoxy) is 1. The number of allylic oxidation sites excluding steroid dienone is 1. The number of methoxy groups -OCH3 is 1. The summed E-state index contributed by atoms with van der Waals surface area (Å²) in [6.45, 7) is 3.71. The van der Waals surface area contributed by atoms with Crippen LogP contribution in [0.5, 0.6) is 0 Å². The molecule has 12 nitrogen and oxygen atoms in total. The number of nitrogens with one attached hydrogen (secondary N) is 1. The lowest BCUT2D eigenvalue weighted by Gasteiger charge is -2.18. The predicted octanol–water partition coefficient (Wildman–Crippen LogP) is 0.801. The van der Waals surface area contributed by atoms with Crippen LogP contribution in [-0.2, 0) is 18.7 Å². The molecule has 0 unspecified atom stereocenters. The second-order valence-corrected chi connectivity index (χ2v) is 7.94. The standard InChI is InChI=1S/C11H16N2O2S.2H3O4P/c1-11(2,9(14)15-3)5-4-6-12-10-13-7-8-16-10;2*1-5(2,3)4/h4,6-8H,5H2,1-3H3,(H,12,13);2*(H3,1,2,3,4). The van der Waals surface area contributed by atoms with Crippen LogP contribution in [0, 0.1) is 5.41 Å². The molecule has 0 saturated carbocycles. The van der Waals surface area contributed by atoms with Crippen molar-refractivity contribution in [2.24, 2.45) is 5.41 Å². The van der Waals surface area contributed by atoms with Crippen LogP contribution in [0.1, 0.15) is 20.3 Å². The molecule has 0 aliphatic rings. The van der Waals surface area contributed by atoms with Crippen LogP contribution >= 0.6 is 27.0 Å². The smallest absolute Gasteiger partial charge is 0.466 e. The van der Waals surface area contributed by atoms with Gasteiger partial charge in [0.2, 0.25) is 0 Å². The number of carbonyl (C=O) groups is 1. The number of rotatable bonds is 5. The van der Waals surface area contributed by atoms with Crippen LogP contribution in [0.3, 0.4) is 0 Å². The van der Waals surface area contributed by atoms with Crippen molar-refractivity contribution < 1.29 is 48.0 Å². The summed E-state index contributed by atoms with van der Waals surface area (Å²) >= 11 is 1.53. The molecule has 26 heavy (non-hydrogen) atoms. The third kappa shape index (κ3) is 22.9. The summed E-state index contributed by atoms with van der Waals surface area (Å²) in [4.78, 5) is 58.6. The van der Waals surface area contributed by atoms with Crippen molar-refractivity contribution in [3.8, 4) is 0 Å². The fourth-order valence-corrected chi connectivity index (χ4v) is 1.65. The Morgan fingerprint density at radius 3 is 2.04 bits per heavy atom. The first-order valence-electron chi connectivity index (χ1n) is 6.52. The topological polar surface area (TPSA) is 207 Å². The molecule has 1 rings (SSSR count). The van der Waals surface area contributed by atoms with E-state index in [1.165, 1.54) is 18.4 Å². The summed E-state index contributed by atoms with van der Waals surface area (Å²) < 4.78 is 22.5. The number of esters is 1. The van der Waals surface area contributed by atoms with Gasteiger partial charge in [-0.1, -0.05) is 6.08 Å². The first-order chi connectivity index (χ1) is 11.6. The van der Waals surface area contributed by atoms with Crippen LogP contribution in [0.2, 0.25) is 0 Å². The minimum absolute atomic E-state index is 0.202. The van der Waals surface area contributed by atoms with E-state index in [4.69, 9.17) is 43.2 Å². The fraction of sp³-hybridized carbons (Fsp3) is 0.455. The van der Waals surface area contributed by atoms with Crippen molar-refractivity contribution in [2.45, 2.75) is 20.3 Å². The summed E-state index contributed by atoms with van der Waals surface area (Å²) in [6.07, 6.45) is 6.05. The Labute approximate surface area is 153 Å². The van der Waals surface area contributed by atoms with Gasteiger partial charge in [-0.15, -0.1) is 11.3 Å². The molecule has 15 heteroatoms. The summed E-state index contributed by atoms with van der Waals surface area (Å²) in [5, 5.41) is 5.77. The third-order valence-electron chi connectivity index (χ3n) is 2.12. The highest BCUT2D eigenvalue weighted by Gasteiger charge is 2.26. The van der Waals surface area contributed by atoms with Crippen LogP contribution in [0.4, 0.5) is 5.13 Å². The summed E-state index contributed by atoms with van der Waals surface area (Å²) in [5.74, 6) is -0.202. The van der Waals surface area contributed by atoms with Gasteiger partial charge in [0.1, 0.15) is 0 Å². The van der Waals surface area contributed by atoms with Crippen molar-refractivity contribution in [3.05, 3.63) is 23.9 Å². The first kappa shape index (κ1) is 27.1. The van der Waals surface area contributed by atoms with E-state index in [9.17, 15) is 4.79 Å². The maximum atomic E-state index is 11.4. The highest BCUT2D eigenvalue weighted by Crippen LogP contribution is 2.26. The minimum atomic E-state index is -4.64. The molecule has 0 atom stereocenters. The lowest BCUT2D eigenvalue weighted by molar-refractivity contribution is -0.150. The van der Waals surface area contributed by atoms with Gasteiger partial charge in [-0.3, -0.25) is 4.79 Å². The van der Waals surface area contributed by atoms with Gasteiger partial charge in [0, 0.05) is 11.6 Å². The van der Waals surface area contributed by atoms with E-state index in [1.807, 2.05) is 25.3 Å². The van der Waals surface area contributed by atoms with Crippen molar-refractivity contribution in [1.29, 1.82) is 0 Å². The van der Waals surface area contributed by atoms with Crippen LogP contribution in [0.25, 0.3) is 0 Å². The molecular weight excluding hydrogens is 414 g/mol. The molecule has 0 radical (unpaired) electrons. The van der Waals surface area contributed by atoms with Gasteiger partial charge in [-0.25, -0.2) is 14.1 Å². The zero-order valence-corrected chi connectivity index (χ0v) is 16.7. The molecule has 0 bridgehead atoms. The Hall–Kier alpha value is -1.14. The van der Waals surface area contributed by atoms with Crippen LogP contribution < -0.4 is 5.32 Å². The van der Waals surface area contributed by atoms with Crippen LogP contribution in [-0.4, -0.2) is 47.4 Å². The molecule has 1 heterocycles. The molecule has 0 fully saturated rings. The molecule has 1 aromatic heterocycles. The average Bonchev–Trinajstić information content (AvgIpc) is 2.92. The van der Waals surface area contributed by atoms with E-state index in [-0.39, 0.29) is 5.97 Å². The summed E-state index contributed by atoms with van der Waals surface area (Å²) in [6, 6.07) is 0. The van der Waals surface area contributed by atoms with Crippen molar-refractivity contribution in [1.82, 2.24) is 4.98 Å². The fourth-order valence-electron chi connectivity index (χ4n) is 1.14. The summed E-state index contributed by atoms with van der Waals surface area (Å²) in [5.41, 5.74) is -0.490. The molecule has 0 aliphatic carbocycles. The lowest BCUT2D eigenvalue weighted by atomic mass is 9.89. The summed E-state index contributed by atoms with van der Waals surface area (Å²) in [7, 11) is -7.87. The highest BCUT2D eigenvalue weighted by atomic mass is 32.1. The molecule has 0 spiro atoms. The molecule has 0 amide bonds. The van der Waals surface area contributed by atoms with Crippen molar-refractivity contribution in [2.75, 3.05) is 12.4 Å². The quantitative estimate of drug-likeness (QED) is 0.253. The predicted molar refractivity (Wildman–Crippen MR) is 93.8 cm³/mol. The number of phosphoric acid groups is 2. The zero-order chi connectivity index (χ0) is 21.0. The van der Waals surface area contributed by atoms with Crippen LogP contribution in [0.15, 0.2) is 23.9 Å².